The van der Waals surface area contributed by atoms with Crippen LogP contribution >= 0.6 is 0 Å². The van der Waals surface area contributed by atoms with Crippen LogP contribution in [0.4, 0.5) is 0 Å². The van der Waals surface area contributed by atoms with Gasteiger partial charge in [-0.25, -0.2) is 4.79 Å². The second kappa shape index (κ2) is 11.4. The summed E-state index contributed by atoms with van der Waals surface area (Å²) in [5, 5.41) is 81.2. The summed E-state index contributed by atoms with van der Waals surface area (Å²) in [7, 11) is 0. The van der Waals surface area contributed by atoms with E-state index in [9.17, 15) is 50.4 Å². The van der Waals surface area contributed by atoms with E-state index < -0.39 is 70.8 Å². The molecule has 8 N–H and O–H groups in total. The number of hydrogen-bond acceptors (Lipinski definition) is 12. The number of carboxylic acid groups (broad SMARTS) is 1. The highest BCUT2D eigenvalue weighted by molar-refractivity contribution is 5.90. The van der Waals surface area contributed by atoms with E-state index in [0.29, 0.717) is 11.1 Å². The fourth-order valence-corrected chi connectivity index (χ4v) is 4.75. The molecule has 0 spiro atoms. The van der Waals surface area contributed by atoms with Crippen molar-refractivity contribution in [1.82, 2.24) is 0 Å². The SMILES string of the molecule is O=C(O)[C@H]1O[C@](CO)(Oc2cc3oc(-c4ccc(O)cc4C=Cc4ccccc4)cc(=O)c3c(O)c2O)[C@H](O)[C@@H](O)[C@@H]1O. The van der Waals surface area contributed by atoms with Crippen molar-refractivity contribution in [2.45, 2.75) is 30.2 Å². The minimum atomic E-state index is -2.75. The number of aliphatic hydroxyl groups is 4. The molecule has 13 nitrogen and oxygen atoms in total. The number of hydrogen-bond donors (Lipinski definition) is 8. The van der Waals surface area contributed by atoms with Crippen LogP contribution in [0.3, 0.4) is 0 Å². The van der Waals surface area contributed by atoms with E-state index in [0.717, 1.165) is 17.7 Å². The third-order valence-electron chi connectivity index (χ3n) is 6.99. The molecule has 1 fully saturated rings. The van der Waals surface area contributed by atoms with E-state index in [4.69, 9.17) is 13.9 Å². The van der Waals surface area contributed by atoms with Gasteiger partial charge in [0.25, 0.3) is 5.79 Å². The van der Waals surface area contributed by atoms with Gasteiger partial charge in [0.1, 0.15) is 41.3 Å². The monoisotopic (exact) mass is 594 g/mol. The Bertz CT molecular complexity index is 1760. The molecule has 3 aromatic carbocycles. The quantitative estimate of drug-likeness (QED) is 0.112. The molecule has 1 aliphatic rings. The predicted molar refractivity (Wildman–Crippen MR) is 149 cm³/mol. The molecule has 5 atom stereocenters. The first-order valence-corrected chi connectivity index (χ1v) is 12.8. The van der Waals surface area contributed by atoms with Crippen LogP contribution in [0.5, 0.6) is 23.0 Å². The zero-order valence-corrected chi connectivity index (χ0v) is 22.1. The molecule has 1 aliphatic heterocycles. The number of fused-ring (bicyclic) bond motifs is 1. The van der Waals surface area contributed by atoms with Gasteiger partial charge in [-0.1, -0.05) is 42.5 Å². The zero-order valence-electron chi connectivity index (χ0n) is 22.1. The van der Waals surface area contributed by atoms with E-state index in [1.54, 1.807) is 12.2 Å². The van der Waals surface area contributed by atoms with Crippen LogP contribution in [0, 0.1) is 0 Å². The fraction of sp³-hybridized carbons (Fsp3) is 0.200. The Morgan fingerprint density at radius 3 is 2.33 bits per heavy atom. The minimum absolute atomic E-state index is 0.0171. The normalized spacial score (nSPS) is 23.9. The lowest BCUT2D eigenvalue weighted by Crippen LogP contribution is -2.69. The van der Waals surface area contributed by atoms with Gasteiger partial charge in [-0.15, -0.1) is 0 Å². The highest BCUT2D eigenvalue weighted by Crippen LogP contribution is 2.44. The smallest absolute Gasteiger partial charge is 0.335 e. The van der Waals surface area contributed by atoms with Gasteiger partial charge in [-0.2, -0.15) is 0 Å². The van der Waals surface area contributed by atoms with Gasteiger partial charge in [0, 0.05) is 17.7 Å². The maximum absolute atomic E-state index is 13.1. The van der Waals surface area contributed by atoms with Crippen molar-refractivity contribution >= 4 is 29.1 Å². The lowest BCUT2D eigenvalue weighted by Gasteiger charge is -2.46. The first-order chi connectivity index (χ1) is 20.5. The van der Waals surface area contributed by atoms with E-state index in [1.165, 1.54) is 18.2 Å². The summed E-state index contributed by atoms with van der Waals surface area (Å²) in [4.78, 5) is 24.7. The van der Waals surface area contributed by atoms with E-state index in [1.807, 2.05) is 30.3 Å². The molecular formula is C30H26O13. The van der Waals surface area contributed by atoms with Gasteiger partial charge >= 0.3 is 5.97 Å². The molecule has 1 aromatic heterocycles. The van der Waals surface area contributed by atoms with Gasteiger partial charge in [0.05, 0.1) is 0 Å². The second-order valence-corrected chi connectivity index (χ2v) is 9.81. The lowest BCUT2D eigenvalue weighted by molar-refractivity contribution is -0.338. The minimum Gasteiger partial charge on any atom is -0.508 e. The van der Waals surface area contributed by atoms with Crippen molar-refractivity contribution < 1.29 is 59.5 Å². The molecule has 0 radical (unpaired) electrons. The number of carbonyl (C=O) groups is 1. The second-order valence-electron chi connectivity index (χ2n) is 9.81. The largest absolute Gasteiger partial charge is 0.508 e. The van der Waals surface area contributed by atoms with E-state index in [-0.39, 0.29) is 17.1 Å². The van der Waals surface area contributed by atoms with Gasteiger partial charge in [0.15, 0.2) is 29.1 Å². The summed E-state index contributed by atoms with van der Waals surface area (Å²) < 4.78 is 16.5. The summed E-state index contributed by atoms with van der Waals surface area (Å²) in [6.07, 6.45) is -5.22. The van der Waals surface area contributed by atoms with Crippen molar-refractivity contribution in [2.24, 2.45) is 0 Å². The lowest BCUT2D eigenvalue weighted by atomic mass is 9.92. The average Bonchev–Trinajstić information content (AvgIpc) is 2.99. The van der Waals surface area contributed by atoms with Crippen LogP contribution in [0.1, 0.15) is 11.1 Å². The van der Waals surface area contributed by atoms with Crippen LogP contribution in [-0.4, -0.2) is 83.6 Å². The number of aromatic hydroxyl groups is 3. The number of phenolic OH excluding ortho intramolecular Hbond substituents is 3. The van der Waals surface area contributed by atoms with Gasteiger partial charge in [-0.05, 0) is 29.3 Å². The van der Waals surface area contributed by atoms with Crippen molar-refractivity contribution in [3.05, 3.63) is 82.0 Å². The zero-order chi connectivity index (χ0) is 31.1. The highest BCUT2D eigenvalue weighted by atomic mass is 16.7. The van der Waals surface area contributed by atoms with Crippen LogP contribution in [0.2, 0.25) is 0 Å². The Morgan fingerprint density at radius 1 is 0.930 bits per heavy atom. The molecule has 0 unspecified atom stereocenters. The summed E-state index contributed by atoms with van der Waals surface area (Å²) in [6, 6.07) is 15.5. The number of aliphatic hydroxyl groups excluding tert-OH is 4. The third kappa shape index (κ3) is 5.38. The van der Waals surface area contributed by atoms with Crippen LogP contribution in [-0.2, 0) is 9.53 Å². The molecule has 224 valence electrons. The van der Waals surface area contributed by atoms with Crippen LogP contribution < -0.4 is 10.2 Å². The average molecular weight is 595 g/mol. The summed E-state index contributed by atoms with van der Waals surface area (Å²) in [5.74, 6) is -7.38. The van der Waals surface area contributed by atoms with Crippen molar-refractivity contribution in [1.29, 1.82) is 0 Å². The Balaban J connectivity index is 1.61. The summed E-state index contributed by atoms with van der Waals surface area (Å²) >= 11 is 0. The first-order valence-electron chi connectivity index (χ1n) is 12.8. The van der Waals surface area contributed by atoms with Gasteiger partial charge < -0.3 is 54.7 Å². The Labute approximate surface area is 242 Å². The summed E-state index contributed by atoms with van der Waals surface area (Å²) in [5.41, 5.74) is 0.547. The Hall–Kier alpha value is -4.92. The molecule has 0 saturated carbocycles. The number of phenols is 3. The Kier molecular flexibility index (Phi) is 7.84. The molecule has 0 bridgehead atoms. The Morgan fingerprint density at radius 2 is 1.65 bits per heavy atom. The number of ether oxygens (including phenoxy) is 2. The molecule has 4 aromatic rings. The maximum Gasteiger partial charge on any atom is 0.335 e. The van der Waals surface area contributed by atoms with E-state index in [2.05, 4.69) is 0 Å². The van der Waals surface area contributed by atoms with Crippen molar-refractivity contribution in [3.63, 3.8) is 0 Å². The molecular weight excluding hydrogens is 568 g/mol. The first kappa shape index (κ1) is 29.6. The standard InChI is InChI=1S/C30H26O13/c31-13-30(28(38)26(37)25(36)27(43-30)29(39)40)42-21-12-20-22(24(35)23(21)34)18(33)11-19(41-20)17-9-8-16(32)10-15(17)7-6-14-4-2-1-3-5-14/h1-12,25-28,31-32,34-38H,13H2,(H,39,40)/t25-,26-,27-,28+,30-/m0/s1. The molecule has 0 aliphatic carbocycles. The molecule has 43 heavy (non-hydrogen) atoms. The topological polar surface area (TPSA) is 228 Å². The fourth-order valence-electron chi connectivity index (χ4n) is 4.75. The van der Waals surface area contributed by atoms with E-state index >= 15 is 0 Å². The van der Waals surface area contributed by atoms with Crippen LogP contribution in [0.25, 0.3) is 34.4 Å². The maximum atomic E-state index is 13.1. The number of benzene rings is 3. The highest BCUT2D eigenvalue weighted by Gasteiger charge is 2.57. The molecule has 0 amide bonds. The number of carboxylic acids is 1. The van der Waals surface area contributed by atoms with Gasteiger partial charge in [0.2, 0.25) is 5.75 Å². The molecule has 13 heteroatoms. The van der Waals surface area contributed by atoms with Crippen molar-refractivity contribution in [2.75, 3.05) is 6.61 Å². The van der Waals surface area contributed by atoms with Crippen molar-refractivity contribution in [3.8, 4) is 34.3 Å². The summed E-state index contributed by atoms with van der Waals surface area (Å²) in [6.45, 7) is -1.28. The molecule has 5 rings (SSSR count). The number of aliphatic carboxylic acids is 1. The third-order valence-corrected chi connectivity index (χ3v) is 6.99. The van der Waals surface area contributed by atoms with Gasteiger partial charge in [-0.3, -0.25) is 4.79 Å². The number of rotatable bonds is 7. The molecule has 1 saturated heterocycles. The van der Waals surface area contributed by atoms with Crippen LogP contribution in [0.15, 0.2) is 69.9 Å². The predicted octanol–water partition coefficient (Wildman–Crippen LogP) is 1.38. The molecule has 2 heterocycles.